The maximum Gasteiger partial charge on any atom is 0.108 e. The second kappa shape index (κ2) is 5.31. The van der Waals surface area contributed by atoms with Gasteiger partial charge in [-0.05, 0) is 25.0 Å². The molecule has 1 heterocycles. The van der Waals surface area contributed by atoms with E-state index in [0.29, 0.717) is 6.04 Å². The first kappa shape index (κ1) is 12.1. The maximum atomic E-state index is 9.11. The smallest absolute Gasteiger partial charge is 0.108 e. The van der Waals surface area contributed by atoms with E-state index in [1.54, 1.807) is 0 Å². The molecule has 1 aromatic carbocycles. The average molecular weight is 229 g/mol. The fraction of sp³-hybridized carbons (Fsp3) is 0.500. The molecule has 1 atom stereocenters. The van der Waals surface area contributed by atoms with Gasteiger partial charge in [0.2, 0.25) is 0 Å². The first-order chi connectivity index (χ1) is 8.19. The zero-order valence-corrected chi connectivity index (χ0v) is 10.5. The molecule has 2 rings (SSSR count). The highest BCUT2D eigenvalue weighted by Crippen LogP contribution is 2.21. The van der Waals surface area contributed by atoms with Gasteiger partial charge in [-0.25, -0.2) is 0 Å². The van der Waals surface area contributed by atoms with Crippen LogP contribution in [0.1, 0.15) is 25.0 Å². The number of nitrogens with zero attached hydrogens (tertiary/aromatic N) is 2. The molecule has 1 unspecified atom stereocenters. The Labute approximate surface area is 103 Å². The van der Waals surface area contributed by atoms with Crippen LogP contribution in [0.5, 0.6) is 0 Å². The molecule has 1 aromatic rings. The molecule has 0 aliphatic carbocycles. The minimum Gasteiger partial charge on any atom is -0.299 e. The summed E-state index contributed by atoms with van der Waals surface area (Å²) in [4.78, 5) is 2.33. The van der Waals surface area contributed by atoms with Crippen LogP contribution in [0.25, 0.3) is 0 Å². The second-order valence-corrected chi connectivity index (χ2v) is 4.94. The third-order valence-corrected chi connectivity index (χ3v) is 3.04. The second-order valence-electron chi connectivity index (χ2n) is 4.94. The van der Waals surface area contributed by atoms with Gasteiger partial charge < -0.3 is 0 Å². The summed E-state index contributed by atoms with van der Waals surface area (Å²) < 4.78 is 0. The van der Waals surface area contributed by atoms with Crippen LogP contribution < -0.4 is 5.32 Å². The highest BCUT2D eigenvalue weighted by molar-refractivity contribution is 5.30. The summed E-state index contributed by atoms with van der Waals surface area (Å²) in [5.74, 6) is 0. The van der Waals surface area contributed by atoms with E-state index in [2.05, 4.69) is 54.4 Å². The van der Waals surface area contributed by atoms with Gasteiger partial charge in [-0.1, -0.05) is 24.3 Å². The zero-order chi connectivity index (χ0) is 12.3. The van der Waals surface area contributed by atoms with Crippen LogP contribution in [0.15, 0.2) is 24.3 Å². The molecule has 0 bridgehead atoms. The van der Waals surface area contributed by atoms with Crippen molar-refractivity contribution in [1.82, 2.24) is 10.2 Å². The number of nitrogens with one attached hydrogen (secondary N) is 1. The fourth-order valence-electron chi connectivity index (χ4n) is 2.32. The quantitative estimate of drug-likeness (QED) is 0.857. The number of benzene rings is 1. The molecule has 0 spiro atoms. The molecule has 1 aliphatic heterocycles. The van der Waals surface area contributed by atoms with E-state index in [1.807, 2.05) is 0 Å². The highest BCUT2D eigenvalue weighted by atomic mass is 15.2. The Balaban J connectivity index is 1.93. The van der Waals surface area contributed by atoms with Crippen LogP contribution in [0.3, 0.4) is 0 Å². The van der Waals surface area contributed by atoms with Crippen LogP contribution in [-0.2, 0) is 13.1 Å². The number of nitriles is 1. The predicted octanol–water partition coefficient (Wildman–Crippen LogP) is 1.89. The molecule has 0 saturated carbocycles. The normalized spacial score (nSPS) is 16.8. The lowest BCUT2D eigenvalue weighted by molar-refractivity contribution is 0.261. The van der Waals surface area contributed by atoms with Crippen molar-refractivity contribution in [2.24, 2.45) is 0 Å². The van der Waals surface area contributed by atoms with E-state index in [9.17, 15) is 0 Å². The van der Waals surface area contributed by atoms with Crippen LogP contribution in [0.4, 0.5) is 0 Å². The van der Waals surface area contributed by atoms with Gasteiger partial charge in [-0.2, -0.15) is 5.26 Å². The highest BCUT2D eigenvalue weighted by Gasteiger charge is 2.21. The fourth-order valence-corrected chi connectivity index (χ4v) is 2.32. The third-order valence-electron chi connectivity index (χ3n) is 3.04. The molecule has 0 radical (unpaired) electrons. The summed E-state index contributed by atoms with van der Waals surface area (Å²) in [6.45, 7) is 6.87. The Bertz CT molecular complexity index is 395. The van der Waals surface area contributed by atoms with E-state index in [-0.39, 0.29) is 6.04 Å². The summed E-state index contributed by atoms with van der Waals surface area (Å²) in [5, 5.41) is 12.4. The molecule has 1 N–H and O–H groups in total. The lowest BCUT2D eigenvalue weighted by Crippen LogP contribution is -2.41. The van der Waals surface area contributed by atoms with Gasteiger partial charge in [-0.15, -0.1) is 0 Å². The molecule has 1 aliphatic rings. The number of hydrogen-bond acceptors (Lipinski definition) is 3. The minimum atomic E-state index is -0.0793. The molecule has 0 aromatic heterocycles. The molecule has 90 valence electrons. The average Bonchev–Trinajstić information content (AvgIpc) is 2.69. The standard InChI is InChI=1S/C14H19N3/c1-11(2)16-14(7-15)10-17-8-12-5-3-4-6-13(12)9-17/h3-6,11,14,16H,8-10H2,1-2H3. The molecule has 0 saturated heterocycles. The Morgan fingerprint density at radius 3 is 2.35 bits per heavy atom. The van der Waals surface area contributed by atoms with Crippen LogP contribution in [0, 0.1) is 11.3 Å². The Morgan fingerprint density at radius 1 is 1.29 bits per heavy atom. The van der Waals surface area contributed by atoms with Crippen molar-refractivity contribution in [3.8, 4) is 6.07 Å². The van der Waals surface area contributed by atoms with Gasteiger partial charge in [0.1, 0.15) is 6.04 Å². The van der Waals surface area contributed by atoms with Crippen molar-refractivity contribution in [1.29, 1.82) is 5.26 Å². The number of rotatable bonds is 4. The van der Waals surface area contributed by atoms with Crippen molar-refractivity contribution in [2.75, 3.05) is 6.54 Å². The molecule has 0 fully saturated rings. The van der Waals surface area contributed by atoms with Gasteiger partial charge >= 0.3 is 0 Å². The Hall–Kier alpha value is -1.37. The largest absolute Gasteiger partial charge is 0.299 e. The summed E-state index contributed by atoms with van der Waals surface area (Å²) >= 11 is 0. The van der Waals surface area contributed by atoms with E-state index in [1.165, 1.54) is 11.1 Å². The SMILES string of the molecule is CC(C)NC(C#N)CN1Cc2ccccc2C1. The predicted molar refractivity (Wildman–Crippen MR) is 68.2 cm³/mol. The van der Waals surface area contributed by atoms with Crippen molar-refractivity contribution in [2.45, 2.75) is 39.0 Å². The van der Waals surface area contributed by atoms with Gasteiger partial charge in [0.15, 0.2) is 0 Å². The topological polar surface area (TPSA) is 39.1 Å². The molecular weight excluding hydrogens is 210 g/mol. The summed E-state index contributed by atoms with van der Waals surface area (Å²) in [6, 6.07) is 11.1. The molecular formula is C14H19N3. The van der Waals surface area contributed by atoms with Gasteiger partial charge in [0.25, 0.3) is 0 Å². The van der Waals surface area contributed by atoms with E-state index in [0.717, 1.165) is 19.6 Å². The van der Waals surface area contributed by atoms with Crippen molar-refractivity contribution >= 4 is 0 Å². The number of fused-ring (bicyclic) bond motifs is 1. The Kier molecular flexibility index (Phi) is 3.78. The molecule has 17 heavy (non-hydrogen) atoms. The van der Waals surface area contributed by atoms with Crippen LogP contribution in [-0.4, -0.2) is 23.5 Å². The lowest BCUT2D eigenvalue weighted by Gasteiger charge is -2.21. The maximum absolute atomic E-state index is 9.11. The zero-order valence-electron chi connectivity index (χ0n) is 10.5. The van der Waals surface area contributed by atoms with E-state index in [4.69, 9.17) is 5.26 Å². The summed E-state index contributed by atoms with van der Waals surface area (Å²) in [6.07, 6.45) is 0. The molecule has 3 nitrogen and oxygen atoms in total. The van der Waals surface area contributed by atoms with Crippen LogP contribution >= 0.6 is 0 Å². The van der Waals surface area contributed by atoms with Crippen molar-refractivity contribution in [3.05, 3.63) is 35.4 Å². The van der Waals surface area contributed by atoms with Gasteiger partial charge in [0, 0.05) is 25.7 Å². The van der Waals surface area contributed by atoms with Crippen molar-refractivity contribution in [3.63, 3.8) is 0 Å². The van der Waals surface area contributed by atoms with Gasteiger partial charge in [-0.3, -0.25) is 10.2 Å². The van der Waals surface area contributed by atoms with Gasteiger partial charge in [0.05, 0.1) is 6.07 Å². The first-order valence-electron chi connectivity index (χ1n) is 6.14. The lowest BCUT2D eigenvalue weighted by atomic mass is 10.1. The first-order valence-corrected chi connectivity index (χ1v) is 6.14. The Morgan fingerprint density at radius 2 is 1.88 bits per heavy atom. The molecule has 0 amide bonds. The van der Waals surface area contributed by atoms with E-state index >= 15 is 0 Å². The number of hydrogen-bond donors (Lipinski definition) is 1. The monoisotopic (exact) mass is 229 g/mol. The van der Waals surface area contributed by atoms with Crippen molar-refractivity contribution < 1.29 is 0 Å². The van der Waals surface area contributed by atoms with E-state index < -0.39 is 0 Å². The summed E-state index contributed by atoms with van der Waals surface area (Å²) in [5.41, 5.74) is 2.79. The van der Waals surface area contributed by atoms with Crippen LogP contribution in [0.2, 0.25) is 0 Å². The summed E-state index contributed by atoms with van der Waals surface area (Å²) in [7, 11) is 0. The molecule has 3 heteroatoms. The minimum absolute atomic E-state index is 0.0793. The third kappa shape index (κ3) is 3.06.